The first-order valence-electron chi connectivity index (χ1n) is 9.07. The van der Waals surface area contributed by atoms with Crippen LogP contribution >= 0.6 is 0 Å². The molecule has 0 atom stereocenters. The van der Waals surface area contributed by atoms with Gasteiger partial charge < -0.3 is 23.6 Å². The van der Waals surface area contributed by atoms with Crippen molar-refractivity contribution in [1.29, 1.82) is 0 Å². The average molecular weight is 428 g/mol. The van der Waals surface area contributed by atoms with Crippen molar-refractivity contribution in [3.05, 3.63) is 58.5 Å². The highest BCUT2D eigenvalue weighted by Gasteiger charge is 2.18. The summed E-state index contributed by atoms with van der Waals surface area (Å²) in [6.07, 6.45) is 0. The molecule has 0 radical (unpaired) electrons. The van der Waals surface area contributed by atoms with Crippen LogP contribution in [-0.2, 0) is 11.3 Å². The minimum atomic E-state index is -0.564. The molecule has 0 saturated heterocycles. The Bertz CT molecular complexity index is 1080. The second-order valence-electron chi connectivity index (χ2n) is 6.37. The summed E-state index contributed by atoms with van der Waals surface area (Å²) < 4.78 is 20.8. The zero-order chi connectivity index (χ0) is 22.4. The van der Waals surface area contributed by atoms with E-state index in [-0.39, 0.29) is 42.1 Å². The number of methoxy groups -OCH3 is 2. The van der Waals surface area contributed by atoms with E-state index in [1.807, 2.05) is 12.1 Å². The first-order chi connectivity index (χ1) is 14.9. The summed E-state index contributed by atoms with van der Waals surface area (Å²) in [6, 6.07) is 11.2. The molecule has 0 unspecified atom stereocenters. The van der Waals surface area contributed by atoms with Crippen molar-refractivity contribution < 1.29 is 28.5 Å². The van der Waals surface area contributed by atoms with Crippen LogP contribution in [0.5, 0.6) is 17.2 Å². The average Bonchev–Trinajstić information content (AvgIpc) is 3.25. The van der Waals surface area contributed by atoms with Crippen LogP contribution in [0.25, 0.3) is 11.4 Å². The van der Waals surface area contributed by atoms with Crippen LogP contribution in [0.2, 0.25) is 0 Å². The monoisotopic (exact) mass is 428 g/mol. The number of amides is 1. The number of carbonyl (C=O) groups is 1. The summed E-state index contributed by atoms with van der Waals surface area (Å²) in [6.45, 7) is -0.197. The van der Waals surface area contributed by atoms with Crippen LogP contribution < -0.4 is 14.2 Å². The van der Waals surface area contributed by atoms with Gasteiger partial charge in [-0.1, -0.05) is 17.3 Å². The molecule has 1 heterocycles. The molecule has 162 valence electrons. The maximum absolute atomic E-state index is 12.4. The molecule has 31 heavy (non-hydrogen) atoms. The topological polar surface area (TPSA) is 130 Å². The van der Waals surface area contributed by atoms with E-state index in [9.17, 15) is 14.9 Å². The fourth-order valence-electron chi connectivity index (χ4n) is 2.64. The van der Waals surface area contributed by atoms with Gasteiger partial charge in [-0.3, -0.25) is 14.9 Å². The second-order valence-corrected chi connectivity index (χ2v) is 6.37. The number of nitrogens with zero attached hydrogens (tertiary/aromatic N) is 4. The van der Waals surface area contributed by atoms with E-state index >= 15 is 0 Å². The van der Waals surface area contributed by atoms with Crippen molar-refractivity contribution in [1.82, 2.24) is 15.0 Å². The zero-order valence-corrected chi connectivity index (χ0v) is 17.1. The lowest BCUT2D eigenvalue weighted by Crippen LogP contribution is -2.31. The Morgan fingerprint density at radius 2 is 1.97 bits per heavy atom. The number of ether oxygens (including phenoxy) is 3. The van der Waals surface area contributed by atoms with E-state index in [2.05, 4.69) is 10.1 Å². The summed E-state index contributed by atoms with van der Waals surface area (Å²) in [5.74, 6) is 1.26. The second kappa shape index (κ2) is 9.57. The van der Waals surface area contributed by atoms with Gasteiger partial charge in [0.2, 0.25) is 17.5 Å². The minimum Gasteiger partial charge on any atom is -0.497 e. The van der Waals surface area contributed by atoms with Gasteiger partial charge in [-0.2, -0.15) is 4.98 Å². The number of benzene rings is 2. The smallest absolute Gasteiger partial charge is 0.311 e. The van der Waals surface area contributed by atoms with E-state index in [0.717, 1.165) is 5.56 Å². The maximum Gasteiger partial charge on any atom is 0.311 e. The van der Waals surface area contributed by atoms with E-state index in [0.29, 0.717) is 11.6 Å². The van der Waals surface area contributed by atoms with Gasteiger partial charge in [0.05, 0.1) is 25.7 Å². The van der Waals surface area contributed by atoms with E-state index < -0.39 is 4.92 Å². The summed E-state index contributed by atoms with van der Waals surface area (Å²) in [4.78, 5) is 28.4. The zero-order valence-electron chi connectivity index (χ0n) is 17.1. The molecule has 0 bridgehead atoms. The molecule has 0 aliphatic heterocycles. The fourth-order valence-corrected chi connectivity index (χ4v) is 2.64. The van der Waals surface area contributed by atoms with Gasteiger partial charge in [0.25, 0.3) is 5.91 Å². The minimum absolute atomic E-state index is 0.0410. The normalized spacial score (nSPS) is 10.4. The van der Waals surface area contributed by atoms with Crippen molar-refractivity contribution in [2.75, 3.05) is 27.9 Å². The van der Waals surface area contributed by atoms with Crippen molar-refractivity contribution in [3.8, 4) is 28.6 Å². The number of nitro benzene ring substituents is 1. The highest BCUT2D eigenvalue weighted by molar-refractivity contribution is 5.77. The van der Waals surface area contributed by atoms with Crippen molar-refractivity contribution in [3.63, 3.8) is 0 Å². The molecule has 3 aromatic rings. The summed E-state index contributed by atoms with van der Waals surface area (Å²) >= 11 is 0. The van der Waals surface area contributed by atoms with Crippen LogP contribution in [-0.4, -0.2) is 53.7 Å². The predicted octanol–water partition coefficient (Wildman–Crippen LogP) is 2.70. The highest BCUT2D eigenvalue weighted by atomic mass is 16.6. The Balaban J connectivity index is 1.59. The van der Waals surface area contributed by atoms with E-state index in [1.54, 1.807) is 26.3 Å². The molecule has 0 spiro atoms. The van der Waals surface area contributed by atoms with Gasteiger partial charge in [-0.15, -0.1) is 0 Å². The van der Waals surface area contributed by atoms with Crippen LogP contribution in [0.4, 0.5) is 5.69 Å². The Kier molecular flexibility index (Phi) is 6.65. The molecule has 1 amide bonds. The number of aromatic nitrogens is 2. The number of rotatable bonds is 9. The molecular weight excluding hydrogens is 408 g/mol. The number of nitro groups is 1. The fraction of sp³-hybridized carbons (Fsp3) is 0.250. The number of hydrogen-bond donors (Lipinski definition) is 0. The molecule has 3 rings (SSSR count). The van der Waals surface area contributed by atoms with Crippen LogP contribution in [0.3, 0.4) is 0 Å². The lowest BCUT2D eigenvalue weighted by Gasteiger charge is -2.15. The summed E-state index contributed by atoms with van der Waals surface area (Å²) in [7, 11) is 4.45. The predicted molar refractivity (Wildman–Crippen MR) is 108 cm³/mol. The van der Waals surface area contributed by atoms with Gasteiger partial charge in [0.1, 0.15) is 11.5 Å². The largest absolute Gasteiger partial charge is 0.497 e. The van der Waals surface area contributed by atoms with Crippen LogP contribution in [0.15, 0.2) is 47.0 Å². The molecule has 11 nitrogen and oxygen atoms in total. The van der Waals surface area contributed by atoms with Crippen LogP contribution in [0.1, 0.15) is 5.89 Å². The molecule has 2 aromatic carbocycles. The number of hydrogen-bond acceptors (Lipinski definition) is 9. The van der Waals surface area contributed by atoms with Gasteiger partial charge >= 0.3 is 5.69 Å². The van der Waals surface area contributed by atoms with Gasteiger partial charge in [-0.25, -0.2) is 0 Å². The molecule has 11 heteroatoms. The van der Waals surface area contributed by atoms with Crippen molar-refractivity contribution >= 4 is 11.6 Å². The van der Waals surface area contributed by atoms with Crippen molar-refractivity contribution in [2.45, 2.75) is 6.54 Å². The number of carbonyl (C=O) groups excluding carboxylic acids is 1. The molecular formula is C20H20N4O7. The van der Waals surface area contributed by atoms with E-state index in [1.165, 1.54) is 30.2 Å². The Morgan fingerprint density at radius 1 is 1.16 bits per heavy atom. The molecule has 0 aliphatic rings. The third kappa shape index (κ3) is 5.26. The van der Waals surface area contributed by atoms with Crippen LogP contribution in [0, 0.1) is 10.1 Å². The van der Waals surface area contributed by atoms with Gasteiger partial charge in [-0.05, 0) is 18.2 Å². The quantitative estimate of drug-likeness (QED) is 0.373. The Morgan fingerprint density at radius 3 is 2.68 bits per heavy atom. The lowest BCUT2D eigenvalue weighted by molar-refractivity contribution is -0.385. The first kappa shape index (κ1) is 21.6. The summed E-state index contributed by atoms with van der Waals surface area (Å²) in [5.41, 5.74) is 0.528. The lowest BCUT2D eigenvalue weighted by atomic mass is 10.2. The maximum atomic E-state index is 12.4. The standard InChI is InChI=1S/C20H20N4O7/c1-23(11-18-21-20(22-31-18)13-5-4-6-14(9-13)28-2)19(25)12-30-15-7-8-16(24(26)27)17(10-15)29-3/h4-10H,11-12H2,1-3H3. The molecule has 0 N–H and O–H groups in total. The van der Waals surface area contributed by atoms with Gasteiger partial charge in [0, 0.05) is 24.7 Å². The van der Waals surface area contributed by atoms with Crippen molar-refractivity contribution in [2.24, 2.45) is 0 Å². The van der Waals surface area contributed by atoms with Gasteiger partial charge in [0.15, 0.2) is 6.61 Å². The Hall–Kier alpha value is -4.15. The summed E-state index contributed by atoms with van der Waals surface area (Å²) in [5, 5.41) is 14.9. The SMILES string of the molecule is COc1cccc(-c2noc(CN(C)C(=O)COc3ccc([N+](=O)[O-])c(OC)c3)n2)c1. The first-order valence-corrected chi connectivity index (χ1v) is 9.07. The molecule has 1 aromatic heterocycles. The molecule has 0 aliphatic carbocycles. The van der Waals surface area contributed by atoms with E-state index in [4.69, 9.17) is 18.7 Å². The highest BCUT2D eigenvalue weighted by Crippen LogP contribution is 2.30. The molecule has 0 saturated carbocycles. The third-order valence-electron chi connectivity index (χ3n) is 4.30. The molecule has 0 fully saturated rings. The Labute approximate surface area is 177 Å². The third-order valence-corrected chi connectivity index (χ3v) is 4.30. The number of likely N-dealkylation sites (N-methyl/N-ethyl adjacent to an activating group) is 1.